The number of tetrazole rings is 1. The van der Waals surface area contributed by atoms with Gasteiger partial charge in [-0.05, 0) is 47.9 Å². The van der Waals surface area contributed by atoms with Crippen molar-refractivity contribution in [2.24, 2.45) is 0 Å². The zero-order valence-corrected chi connectivity index (χ0v) is 15.3. The maximum Gasteiger partial charge on any atom is 0.148 e. The second-order valence-corrected chi connectivity index (χ2v) is 6.87. The molecule has 2 heterocycles. The van der Waals surface area contributed by atoms with Crippen LogP contribution in [0.4, 0.5) is 4.39 Å². The number of halogens is 1. The largest absolute Gasteiger partial charge is 0.396 e. The van der Waals surface area contributed by atoms with E-state index in [1.165, 1.54) is 12.1 Å². The van der Waals surface area contributed by atoms with Crippen molar-refractivity contribution < 1.29 is 9.50 Å². The first-order chi connectivity index (χ1) is 12.7. The normalized spacial score (nSPS) is 19.1. The van der Waals surface area contributed by atoms with Gasteiger partial charge in [0.25, 0.3) is 0 Å². The van der Waals surface area contributed by atoms with E-state index in [2.05, 4.69) is 25.3 Å². The number of hydrogen-bond donors (Lipinski definition) is 1. The molecule has 1 aromatic carbocycles. The Morgan fingerprint density at radius 1 is 1.19 bits per heavy atom. The summed E-state index contributed by atoms with van der Waals surface area (Å²) in [6, 6.07) is 7.01. The summed E-state index contributed by atoms with van der Waals surface area (Å²) in [6.45, 7) is 7.58. The molecule has 0 spiro atoms. The molecule has 2 aromatic rings. The highest BCUT2D eigenvalue weighted by molar-refractivity contribution is 5.16. The van der Waals surface area contributed by atoms with Crippen molar-refractivity contribution in [1.82, 2.24) is 30.0 Å². The van der Waals surface area contributed by atoms with Crippen LogP contribution < -0.4 is 0 Å². The summed E-state index contributed by atoms with van der Waals surface area (Å²) in [5, 5.41) is 21.0. The minimum absolute atomic E-state index is 0.183. The van der Waals surface area contributed by atoms with Crippen LogP contribution in [0.25, 0.3) is 0 Å². The summed E-state index contributed by atoms with van der Waals surface area (Å²) in [7, 11) is 0. The molecule has 8 heteroatoms. The number of aromatic nitrogens is 4. The first-order valence-corrected chi connectivity index (χ1v) is 9.20. The van der Waals surface area contributed by atoms with E-state index >= 15 is 0 Å². The molecular formula is C18H27FN6O. The molecule has 1 atom stereocenters. The summed E-state index contributed by atoms with van der Waals surface area (Å²) in [4.78, 5) is 4.84. The molecule has 1 aliphatic heterocycles. The van der Waals surface area contributed by atoms with Gasteiger partial charge in [-0.3, -0.25) is 4.90 Å². The molecule has 0 unspecified atom stereocenters. The Bertz CT molecular complexity index is 677. The first-order valence-electron chi connectivity index (χ1n) is 9.20. The van der Waals surface area contributed by atoms with Crippen molar-refractivity contribution in [3.8, 4) is 0 Å². The summed E-state index contributed by atoms with van der Waals surface area (Å²) < 4.78 is 14.9. The fourth-order valence-corrected chi connectivity index (χ4v) is 3.52. The molecule has 1 fully saturated rings. The van der Waals surface area contributed by atoms with Crippen LogP contribution in [0, 0.1) is 12.7 Å². The van der Waals surface area contributed by atoms with Crippen molar-refractivity contribution >= 4 is 0 Å². The third-order valence-electron chi connectivity index (χ3n) is 5.01. The van der Waals surface area contributed by atoms with Gasteiger partial charge in [-0.1, -0.05) is 12.1 Å². The molecule has 142 valence electrons. The van der Waals surface area contributed by atoms with E-state index in [9.17, 15) is 9.50 Å². The third kappa shape index (κ3) is 5.06. The van der Waals surface area contributed by atoms with Crippen LogP contribution in [-0.4, -0.2) is 73.9 Å². The first kappa shape index (κ1) is 18.9. The van der Waals surface area contributed by atoms with Gasteiger partial charge in [-0.2, -0.15) is 0 Å². The molecule has 0 saturated carbocycles. The number of aryl methyl sites for hydroxylation is 2. The zero-order valence-electron chi connectivity index (χ0n) is 15.3. The van der Waals surface area contributed by atoms with Crippen LogP contribution in [0.5, 0.6) is 0 Å². The fourth-order valence-electron chi connectivity index (χ4n) is 3.52. The van der Waals surface area contributed by atoms with Gasteiger partial charge in [0, 0.05) is 51.9 Å². The zero-order chi connectivity index (χ0) is 18.4. The van der Waals surface area contributed by atoms with Crippen molar-refractivity contribution in [3.63, 3.8) is 0 Å². The summed E-state index contributed by atoms with van der Waals surface area (Å²) in [6.07, 6.45) is 1.75. The minimum Gasteiger partial charge on any atom is -0.396 e. The topological polar surface area (TPSA) is 70.3 Å². The van der Waals surface area contributed by atoms with Crippen molar-refractivity contribution in [1.29, 1.82) is 0 Å². The number of hydrogen-bond acceptors (Lipinski definition) is 6. The lowest BCUT2D eigenvalue weighted by atomic mass is 10.1. The minimum atomic E-state index is -0.205. The number of benzene rings is 1. The average molecular weight is 362 g/mol. The SMILES string of the molecule is Cc1nnnn1CCCN1CCN(Cc2ccc(F)cc2)[C@@H](CCO)C1. The van der Waals surface area contributed by atoms with E-state index in [1.54, 1.807) is 0 Å². The Kier molecular flexibility index (Phi) is 6.65. The van der Waals surface area contributed by atoms with E-state index in [1.807, 2.05) is 23.7 Å². The van der Waals surface area contributed by atoms with Crippen LogP contribution in [-0.2, 0) is 13.1 Å². The number of piperazine rings is 1. The van der Waals surface area contributed by atoms with Crippen LogP contribution in [0.3, 0.4) is 0 Å². The van der Waals surface area contributed by atoms with Crippen LogP contribution in [0.2, 0.25) is 0 Å². The highest BCUT2D eigenvalue weighted by Gasteiger charge is 2.26. The van der Waals surface area contributed by atoms with Gasteiger partial charge in [-0.25, -0.2) is 9.07 Å². The highest BCUT2D eigenvalue weighted by atomic mass is 19.1. The Morgan fingerprint density at radius 3 is 2.69 bits per heavy atom. The standard InChI is InChI=1S/C18H27FN6O/c1-15-20-21-22-25(15)9-2-8-23-10-11-24(18(14-23)7-12-26)13-16-3-5-17(19)6-4-16/h3-6,18,26H,2,7-14H2,1H3/t18-/m0/s1. The van der Waals surface area contributed by atoms with Gasteiger partial charge in [0.1, 0.15) is 11.6 Å². The Hall–Kier alpha value is -1.90. The highest BCUT2D eigenvalue weighted by Crippen LogP contribution is 2.17. The number of rotatable bonds is 8. The molecule has 1 aliphatic rings. The molecule has 0 bridgehead atoms. The molecule has 3 rings (SSSR count). The Labute approximate surface area is 153 Å². The Morgan fingerprint density at radius 2 is 2.00 bits per heavy atom. The van der Waals surface area contributed by atoms with E-state index in [0.29, 0.717) is 6.04 Å². The number of aliphatic hydroxyl groups is 1. The van der Waals surface area contributed by atoms with Gasteiger partial charge < -0.3 is 10.0 Å². The average Bonchev–Trinajstić information content (AvgIpc) is 3.04. The van der Waals surface area contributed by atoms with Gasteiger partial charge in [0.15, 0.2) is 0 Å². The van der Waals surface area contributed by atoms with Crippen molar-refractivity contribution in [2.75, 3.05) is 32.8 Å². The lowest BCUT2D eigenvalue weighted by molar-refractivity contribution is 0.0525. The molecule has 0 amide bonds. The number of aliphatic hydroxyl groups excluding tert-OH is 1. The molecule has 26 heavy (non-hydrogen) atoms. The summed E-state index contributed by atoms with van der Waals surface area (Å²) in [5.74, 6) is 0.635. The van der Waals surface area contributed by atoms with Crippen LogP contribution >= 0.6 is 0 Å². The Balaban J connectivity index is 1.50. The molecule has 1 N–H and O–H groups in total. The maximum atomic E-state index is 13.1. The van der Waals surface area contributed by atoms with Gasteiger partial charge >= 0.3 is 0 Å². The monoisotopic (exact) mass is 362 g/mol. The molecule has 0 radical (unpaired) electrons. The lowest BCUT2D eigenvalue weighted by Crippen LogP contribution is -2.53. The van der Waals surface area contributed by atoms with Crippen molar-refractivity contribution in [3.05, 3.63) is 41.5 Å². The van der Waals surface area contributed by atoms with E-state index in [-0.39, 0.29) is 12.4 Å². The molecule has 1 aromatic heterocycles. The van der Waals surface area contributed by atoms with Crippen molar-refractivity contribution in [2.45, 2.75) is 38.9 Å². The number of nitrogens with zero attached hydrogens (tertiary/aromatic N) is 6. The quantitative estimate of drug-likeness (QED) is 0.758. The second kappa shape index (κ2) is 9.16. The second-order valence-electron chi connectivity index (χ2n) is 6.87. The molecule has 7 nitrogen and oxygen atoms in total. The summed E-state index contributed by atoms with van der Waals surface area (Å²) >= 11 is 0. The predicted octanol–water partition coefficient (Wildman–Crippen LogP) is 1.08. The summed E-state index contributed by atoms with van der Waals surface area (Å²) in [5.41, 5.74) is 1.11. The van der Waals surface area contributed by atoms with Crippen LogP contribution in [0.1, 0.15) is 24.2 Å². The lowest BCUT2D eigenvalue weighted by Gasteiger charge is -2.41. The van der Waals surface area contributed by atoms with E-state index in [4.69, 9.17) is 0 Å². The predicted molar refractivity (Wildman–Crippen MR) is 95.9 cm³/mol. The smallest absolute Gasteiger partial charge is 0.148 e. The van der Waals surface area contributed by atoms with Gasteiger partial charge in [0.05, 0.1) is 0 Å². The molecule has 1 saturated heterocycles. The molecular weight excluding hydrogens is 335 g/mol. The molecule has 0 aliphatic carbocycles. The van der Waals surface area contributed by atoms with Crippen LogP contribution in [0.15, 0.2) is 24.3 Å². The van der Waals surface area contributed by atoms with Gasteiger partial charge in [-0.15, -0.1) is 5.10 Å². The van der Waals surface area contributed by atoms with Gasteiger partial charge in [0.2, 0.25) is 0 Å². The fraction of sp³-hybridized carbons (Fsp3) is 0.611. The third-order valence-corrected chi connectivity index (χ3v) is 5.01. The van der Waals surface area contributed by atoms with E-state index < -0.39 is 0 Å². The maximum absolute atomic E-state index is 13.1. The van der Waals surface area contributed by atoms with E-state index in [0.717, 1.165) is 63.5 Å².